The van der Waals surface area contributed by atoms with E-state index in [9.17, 15) is 4.79 Å². The van der Waals surface area contributed by atoms with Crippen LogP contribution in [0.1, 0.15) is 29.8 Å². The van der Waals surface area contributed by atoms with Crippen LogP contribution in [0.25, 0.3) is 0 Å². The van der Waals surface area contributed by atoms with Gasteiger partial charge in [-0.25, -0.2) is 4.98 Å². The molecule has 4 nitrogen and oxygen atoms in total. The molecule has 1 aromatic heterocycles. The van der Waals surface area contributed by atoms with Crippen LogP contribution in [0.15, 0.2) is 36.5 Å². The van der Waals surface area contributed by atoms with Gasteiger partial charge in [-0.3, -0.25) is 4.79 Å². The molecule has 0 aliphatic carbocycles. The highest BCUT2D eigenvalue weighted by Crippen LogP contribution is 2.21. The van der Waals surface area contributed by atoms with E-state index in [2.05, 4.69) is 29.0 Å². The number of anilines is 1. The van der Waals surface area contributed by atoms with Gasteiger partial charge in [0.25, 0.3) is 5.91 Å². The largest absolute Gasteiger partial charge is 0.357 e. The second-order valence-electron chi connectivity index (χ2n) is 5.32. The smallest absolute Gasteiger partial charge is 0.252 e. The van der Waals surface area contributed by atoms with Gasteiger partial charge in [-0.2, -0.15) is 0 Å². The van der Waals surface area contributed by atoms with Crippen LogP contribution in [0, 0.1) is 0 Å². The number of carbonyl (C=O) groups is 1. The van der Waals surface area contributed by atoms with Crippen LogP contribution in [-0.2, 0) is 6.42 Å². The molecule has 1 aromatic carbocycles. The van der Waals surface area contributed by atoms with Crippen LogP contribution in [0.2, 0.25) is 10.0 Å². The predicted molar refractivity (Wildman–Crippen MR) is 100 cm³/mol. The van der Waals surface area contributed by atoms with Crippen molar-refractivity contribution >= 4 is 34.9 Å². The van der Waals surface area contributed by atoms with Crippen molar-refractivity contribution < 1.29 is 4.79 Å². The monoisotopic (exact) mass is 365 g/mol. The highest BCUT2D eigenvalue weighted by Gasteiger charge is 2.09. The van der Waals surface area contributed by atoms with E-state index >= 15 is 0 Å². The maximum atomic E-state index is 12.2. The normalized spacial score (nSPS) is 10.5. The van der Waals surface area contributed by atoms with E-state index in [-0.39, 0.29) is 5.91 Å². The Morgan fingerprint density at radius 2 is 1.92 bits per heavy atom. The standard InChI is InChI=1S/C18H21Cl2N3O/c1-3-23(4-2)17-8-6-14(12-22-17)18(24)21-10-9-13-5-7-15(19)11-16(13)20/h5-8,11-12H,3-4,9-10H2,1-2H3,(H,21,24). The van der Waals surface area contributed by atoms with Crippen molar-refractivity contribution in [1.29, 1.82) is 0 Å². The molecule has 0 atom stereocenters. The van der Waals surface area contributed by atoms with Gasteiger partial charge in [0, 0.05) is 35.9 Å². The molecule has 1 heterocycles. The zero-order valence-corrected chi connectivity index (χ0v) is 15.4. The number of aromatic nitrogens is 1. The lowest BCUT2D eigenvalue weighted by molar-refractivity contribution is 0.0954. The Hall–Kier alpha value is -1.78. The van der Waals surface area contributed by atoms with Crippen LogP contribution < -0.4 is 10.2 Å². The minimum absolute atomic E-state index is 0.140. The van der Waals surface area contributed by atoms with E-state index in [0.717, 1.165) is 24.5 Å². The number of halogens is 2. The lowest BCUT2D eigenvalue weighted by atomic mass is 10.1. The van der Waals surface area contributed by atoms with Gasteiger partial charge in [0.05, 0.1) is 5.56 Å². The minimum Gasteiger partial charge on any atom is -0.357 e. The summed E-state index contributed by atoms with van der Waals surface area (Å²) in [5, 5.41) is 4.10. The first-order valence-electron chi connectivity index (χ1n) is 7.98. The molecule has 0 spiro atoms. The maximum absolute atomic E-state index is 12.2. The van der Waals surface area contributed by atoms with Gasteiger partial charge in [-0.15, -0.1) is 0 Å². The molecule has 24 heavy (non-hydrogen) atoms. The summed E-state index contributed by atoms with van der Waals surface area (Å²) in [6, 6.07) is 9.04. The number of pyridine rings is 1. The van der Waals surface area contributed by atoms with E-state index in [1.165, 1.54) is 0 Å². The zero-order chi connectivity index (χ0) is 17.5. The molecule has 0 aliphatic heterocycles. The first-order valence-corrected chi connectivity index (χ1v) is 8.73. The molecule has 0 fully saturated rings. The van der Waals surface area contributed by atoms with E-state index < -0.39 is 0 Å². The summed E-state index contributed by atoms with van der Waals surface area (Å²) in [5.41, 5.74) is 1.50. The zero-order valence-electron chi connectivity index (χ0n) is 13.9. The summed E-state index contributed by atoms with van der Waals surface area (Å²) < 4.78 is 0. The third-order valence-electron chi connectivity index (χ3n) is 3.79. The Morgan fingerprint density at radius 1 is 1.17 bits per heavy atom. The van der Waals surface area contributed by atoms with Crippen molar-refractivity contribution in [2.45, 2.75) is 20.3 Å². The predicted octanol–water partition coefficient (Wildman–Crippen LogP) is 4.21. The Balaban J connectivity index is 1.90. The number of benzene rings is 1. The SMILES string of the molecule is CCN(CC)c1ccc(C(=O)NCCc2ccc(Cl)cc2Cl)cn1. The van der Waals surface area contributed by atoms with Crippen molar-refractivity contribution in [3.05, 3.63) is 57.7 Å². The van der Waals surface area contributed by atoms with Crippen LogP contribution >= 0.6 is 23.2 Å². The van der Waals surface area contributed by atoms with Crippen LogP contribution in [0.3, 0.4) is 0 Å². The Labute approximate surface area is 152 Å². The average Bonchev–Trinajstić information content (AvgIpc) is 2.58. The van der Waals surface area contributed by atoms with Gasteiger partial charge in [0.2, 0.25) is 0 Å². The molecule has 1 N–H and O–H groups in total. The van der Waals surface area contributed by atoms with E-state index in [1.54, 1.807) is 24.4 Å². The molecule has 6 heteroatoms. The molecule has 128 valence electrons. The van der Waals surface area contributed by atoms with E-state index in [4.69, 9.17) is 23.2 Å². The van der Waals surface area contributed by atoms with E-state index in [0.29, 0.717) is 28.6 Å². The van der Waals surface area contributed by atoms with Gasteiger partial charge in [-0.1, -0.05) is 29.3 Å². The van der Waals surface area contributed by atoms with Gasteiger partial charge < -0.3 is 10.2 Å². The lowest BCUT2D eigenvalue weighted by Crippen LogP contribution is -2.26. The van der Waals surface area contributed by atoms with Gasteiger partial charge in [0.1, 0.15) is 5.82 Å². The third kappa shape index (κ3) is 4.86. The fraction of sp³-hybridized carbons (Fsp3) is 0.333. The number of hydrogen-bond acceptors (Lipinski definition) is 3. The van der Waals surface area contributed by atoms with Crippen molar-refractivity contribution in [3.8, 4) is 0 Å². The average molecular weight is 366 g/mol. The fourth-order valence-electron chi connectivity index (χ4n) is 2.39. The number of rotatable bonds is 7. The molecule has 0 radical (unpaired) electrons. The second kappa shape index (κ2) is 8.90. The quantitative estimate of drug-likeness (QED) is 0.799. The molecule has 2 aromatic rings. The summed E-state index contributed by atoms with van der Waals surface area (Å²) in [6.07, 6.45) is 2.25. The topological polar surface area (TPSA) is 45.2 Å². The summed E-state index contributed by atoms with van der Waals surface area (Å²) in [7, 11) is 0. The molecule has 0 aliphatic rings. The Bertz CT molecular complexity index is 685. The molecule has 1 amide bonds. The van der Waals surface area contributed by atoms with Crippen molar-refractivity contribution in [3.63, 3.8) is 0 Å². The van der Waals surface area contributed by atoms with Crippen molar-refractivity contribution in [2.75, 3.05) is 24.5 Å². The fourth-order valence-corrected chi connectivity index (χ4v) is 2.90. The number of nitrogens with zero attached hydrogens (tertiary/aromatic N) is 2. The minimum atomic E-state index is -0.140. The molecule has 2 rings (SSSR count). The number of amides is 1. The lowest BCUT2D eigenvalue weighted by Gasteiger charge is -2.19. The second-order valence-corrected chi connectivity index (χ2v) is 6.16. The first kappa shape index (κ1) is 18.6. The van der Waals surface area contributed by atoms with Crippen molar-refractivity contribution in [2.24, 2.45) is 0 Å². The summed E-state index contributed by atoms with van der Waals surface area (Å²) in [6.45, 7) is 6.42. The third-order valence-corrected chi connectivity index (χ3v) is 4.38. The van der Waals surface area contributed by atoms with Crippen LogP contribution in [-0.4, -0.2) is 30.5 Å². The van der Waals surface area contributed by atoms with Crippen molar-refractivity contribution in [1.82, 2.24) is 10.3 Å². The van der Waals surface area contributed by atoms with Gasteiger partial charge in [-0.05, 0) is 50.1 Å². The molecule has 0 bridgehead atoms. The van der Waals surface area contributed by atoms with Gasteiger partial charge in [0.15, 0.2) is 0 Å². The molecule has 0 unspecified atom stereocenters. The highest BCUT2D eigenvalue weighted by molar-refractivity contribution is 6.35. The molecular weight excluding hydrogens is 345 g/mol. The van der Waals surface area contributed by atoms with Gasteiger partial charge >= 0.3 is 0 Å². The number of nitrogens with one attached hydrogen (secondary N) is 1. The van der Waals surface area contributed by atoms with E-state index in [1.807, 2.05) is 12.1 Å². The molecular formula is C18H21Cl2N3O. The maximum Gasteiger partial charge on any atom is 0.252 e. The van der Waals surface area contributed by atoms with Crippen LogP contribution in [0.4, 0.5) is 5.82 Å². The Kier molecular flexibility index (Phi) is 6.88. The molecule has 0 saturated carbocycles. The number of carbonyl (C=O) groups excluding carboxylic acids is 1. The van der Waals surface area contributed by atoms with Crippen LogP contribution in [0.5, 0.6) is 0 Å². The Morgan fingerprint density at radius 3 is 2.50 bits per heavy atom. The summed E-state index contributed by atoms with van der Waals surface area (Å²) in [4.78, 5) is 18.7. The number of hydrogen-bond donors (Lipinski definition) is 1. The summed E-state index contributed by atoms with van der Waals surface area (Å²) >= 11 is 12.0. The summed E-state index contributed by atoms with van der Waals surface area (Å²) in [5.74, 6) is 0.739. The molecule has 0 saturated heterocycles. The first-order chi connectivity index (χ1) is 11.5. The highest BCUT2D eigenvalue weighted by atomic mass is 35.5.